The first kappa shape index (κ1) is 24.4. The van der Waals surface area contributed by atoms with E-state index in [2.05, 4.69) is 90.2 Å². The lowest BCUT2D eigenvalue weighted by Gasteiger charge is -2.28. The average Bonchev–Trinajstić information content (AvgIpc) is 2.63. The van der Waals surface area contributed by atoms with Gasteiger partial charge in [0.1, 0.15) is 0 Å². The molecule has 0 aromatic heterocycles. The Balaban J connectivity index is 5.38. The molecule has 0 spiro atoms. The standard InChI is InChI=1S/C25H41N/c1-9-14-15-17-25(20(6)7)21(8)23(12-4)18-24(13-5)26-19-22(11-3)16-10-2/h9-10,13-14,17,20-21,23H,2,11-12,15-16,18H2,1,3-8H3. The summed E-state index contributed by atoms with van der Waals surface area (Å²) in [4.78, 5) is 4.68. The molecule has 1 nitrogen and oxygen atoms in total. The summed E-state index contributed by atoms with van der Waals surface area (Å²) in [6.07, 6.45) is 15.9. The Morgan fingerprint density at radius 2 is 1.85 bits per heavy atom. The second-order valence-corrected chi connectivity index (χ2v) is 7.28. The Kier molecular flexibility index (Phi) is 13.7. The molecule has 1 heteroatoms. The fourth-order valence-corrected chi connectivity index (χ4v) is 3.33. The maximum atomic E-state index is 4.68. The summed E-state index contributed by atoms with van der Waals surface area (Å²) in [5, 5.41) is 0. The van der Waals surface area contributed by atoms with Gasteiger partial charge in [-0.25, -0.2) is 4.99 Å². The summed E-state index contributed by atoms with van der Waals surface area (Å²) in [7, 11) is 0. The maximum Gasteiger partial charge on any atom is 0.0464 e. The number of allylic oxidation sites excluding steroid dienone is 8. The minimum atomic E-state index is 0.568. The van der Waals surface area contributed by atoms with Crippen molar-refractivity contribution in [3.8, 4) is 0 Å². The third-order valence-corrected chi connectivity index (χ3v) is 5.13. The van der Waals surface area contributed by atoms with Crippen LogP contribution in [-0.4, -0.2) is 5.87 Å². The van der Waals surface area contributed by atoms with Gasteiger partial charge in [0.25, 0.3) is 0 Å². The van der Waals surface area contributed by atoms with Crippen molar-refractivity contribution in [2.75, 3.05) is 0 Å². The molecule has 0 N–H and O–H groups in total. The van der Waals surface area contributed by atoms with Gasteiger partial charge in [-0.2, -0.15) is 0 Å². The molecular weight excluding hydrogens is 314 g/mol. The Hall–Kier alpha value is -1.59. The van der Waals surface area contributed by atoms with Crippen LogP contribution in [0.1, 0.15) is 80.6 Å². The smallest absolute Gasteiger partial charge is 0.0464 e. The lowest BCUT2D eigenvalue weighted by molar-refractivity contribution is 0.365. The van der Waals surface area contributed by atoms with Crippen LogP contribution in [-0.2, 0) is 0 Å². The fourth-order valence-electron chi connectivity index (χ4n) is 3.33. The van der Waals surface area contributed by atoms with E-state index in [-0.39, 0.29) is 0 Å². The summed E-state index contributed by atoms with van der Waals surface area (Å²) < 4.78 is 0. The van der Waals surface area contributed by atoms with Crippen molar-refractivity contribution in [3.05, 3.63) is 53.8 Å². The molecule has 0 bridgehead atoms. The quantitative estimate of drug-likeness (QED) is 0.248. The molecular formula is C25H41N. The average molecular weight is 356 g/mol. The van der Waals surface area contributed by atoms with E-state index >= 15 is 0 Å². The number of rotatable bonds is 12. The predicted molar refractivity (Wildman–Crippen MR) is 120 cm³/mol. The van der Waals surface area contributed by atoms with E-state index in [0.29, 0.717) is 17.8 Å². The topological polar surface area (TPSA) is 12.4 Å². The zero-order valence-electron chi connectivity index (χ0n) is 18.3. The van der Waals surface area contributed by atoms with E-state index in [1.54, 1.807) is 5.57 Å². The number of hydrogen-bond donors (Lipinski definition) is 0. The van der Waals surface area contributed by atoms with Gasteiger partial charge in [-0.05, 0) is 68.7 Å². The zero-order valence-corrected chi connectivity index (χ0v) is 18.3. The van der Waals surface area contributed by atoms with Crippen LogP contribution in [0.3, 0.4) is 0 Å². The molecule has 2 atom stereocenters. The van der Waals surface area contributed by atoms with Crippen molar-refractivity contribution >= 4 is 5.87 Å². The minimum Gasteiger partial charge on any atom is -0.211 e. The fraction of sp³-hybridized carbons (Fsp3) is 0.600. The molecule has 0 saturated carbocycles. The van der Waals surface area contributed by atoms with Crippen LogP contribution in [0, 0.1) is 17.8 Å². The predicted octanol–water partition coefficient (Wildman–Crippen LogP) is 8.07. The normalized spacial score (nSPS) is 15.1. The van der Waals surface area contributed by atoms with E-state index in [0.717, 1.165) is 31.4 Å². The van der Waals surface area contributed by atoms with Gasteiger partial charge in [-0.1, -0.05) is 77.0 Å². The van der Waals surface area contributed by atoms with Crippen molar-refractivity contribution in [2.45, 2.75) is 80.6 Å². The monoisotopic (exact) mass is 355 g/mol. The third kappa shape index (κ3) is 9.20. The van der Waals surface area contributed by atoms with Crippen molar-refractivity contribution in [3.63, 3.8) is 0 Å². The molecule has 26 heavy (non-hydrogen) atoms. The first-order valence-corrected chi connectivity index (χ1v) is 10.3. The number of hydrogen-bond acceptors (Lipinski definition) is 1. The van der Waals surface area contributed by atoms with Crippen LogP contribution in [0.2, 0.25) is 0 Å². The van der Waals surface area contributed by atoms with E-state index in [1.807, 2.05) is 6.08 Å². The van der Waals surface area contributed by atoms with Crippen molar-refractivity contribution in [1.82, 2.24) is 0 Å². The summed E-state index contributed by atoms with van der Waals surface area (Å²) in [5.74, 6) is 5.02. The van der Waals surface area contributed by atoms with Gasteiger partial charge in [0.2, 0.25) is 0 Å². The number of aliphatic imine (C=N–C) groups is 1. The first-order chi connectivity index (χ1) is 12.4. The van der Waals surface area contributed by atoms with Gasteiger partial charge in [-0.15, -0.1) is 6.58 Å². The lowest BCUT2D eigenvalue weighted by Crippen LogP contribution is -2.17. The van der Waals surface area contributed by atoms with Crippen LogP contribution < -0.4 is 0 Å². The van der Waals surface area contributed by atoms with Gasteiger partial charge in [-0.3, -0.25) is 0 Å². The summed E-state index contributed by atoms with van der Waals surface area (Å²) >= 11 is 0. The van der Waals surface area contributed by atoms with Crippen LogP contribution in [0.5, 0.6) is 0 Å². The molecule has 0 amide bonds. The third-order valence-electron chi connectivity index (χ3n) is 5.13. The molecule has 146 valence electrons. The summed E-state index contributed by atoms with van der Waals surface area (Å²) in [6.45, 7) is 19.4. The second kappa shape index (κ2) is 14.6. The Morgan fingerprint density at radius 1 is 1.15 bits per heavy atom. The van der Waals surface area contributed by atoms with Crippen LogP contribution >= 0.6 is 0 Å². The molecule has 0 rings (SSSR count). The van der Waals surface area contributed by atoms with E-state index in [4.69, 9.17) is 0 Å². The molecule has 0 aromatic carbocycles. The molecule has 0 aliphatic carbocycles. The van der Waals surface area contributed by atoms with Crippen molar-refractivity contribution in [2.24, 2.45) is 22.7 Å². The van der Waals surface area contributed by atoms with Gasteiger partial charge in [0.05, 0.1) is 0 Å². The molecule has 0 fully saturated rings. The highest BCUT2D eigenvalue weighted by atomic mass is 14.7. The molecule has 0 saturated heterocycles. The Morgan fingerprint density at radius 3 is 2.31 bits per heavy atom. The summed E-state index contributed by atoms with van der Waals surface area (Å²) in [5.41, 5.74) is 3.94. The van der Waals surface area contributed by atoms with Crippen LogP contribution in [0.15, 0.2) is 58.8 Å². The summed E-state index contributed by atoms with van der Waals surface area (Å²) in [6, 6.07) is 0. The highest BCUT2D eigenvalue weighted by molar-refractivity contribution is 5.59. The number of nitrogens with zero attached hydrogens (tertiary/aromatic N) is 1. The first-order valence-electron chi connectivity index (χ1n) is 10.3. The van der Waals surface area contributed by atoms with Crippen molar-refractivity contribution in [1.29, 1.82) is 0 Å². The van der Waals surface area contributed by atoms with Crippen LogP contribution in [0.25, 0.3) is 0 Å². The molecule has 0 radical (unpaired) electrons. The minimum absolute atomic E-state index is 0.568. The molecule has 2 unspecified atom stereocenters. The van der Waals surface area contributed by atoms with Gasteiger partial charge in [0.15, 0.2) is 0 Å². The van der Waals surface area contributed by atoms with Gasteiger partial charge in [0, 0.05) is 5.70 Å². The highest BCUT2D eigenvalue weighted by Gasteiger charge is 2.22. The Bertz CT molecular complexity index is 551. The maximum absolute atomic E-state index is 4.68. The molecule has 0 aromatic rings. The zero-order chi connectivity index (χ0) is 19.9. The lowest BCUT2D eigenvalue weighted by atomic mass is 9.78. The van der Waals surface area contributed by atoms with E-state index in [9.17, 15) is 0 Å². The highest BCUT2D eigenvalue weighted by Crippen LogP contribution is 2.33. The van der Waals surface area contributed by atoms with E-state index < -0.39 is 0 Å². The molecule has 0 aliphatic rings. The van der Waals surface area contributed by atoms with Gasteiger partial charge < -0.3 is 0 Å². The Labute approximate surface area is 163 Å². The second-order valence-electron chi connectivity index (χ2n) is 7.28. The molecule has 0 aliphatic heterocycles. The molecule has 0 heterocycles. The largest absolute Gasteiger partial charge is 0.211 e. The van der Waals surface area contributed by atoms with E-state index in [1.165, 1.54) is 12.0 Å². The van der Waals surface area contributed by atoms with Crippen LogP contribution in [0.4, 0.5) is 0 Å². The van der Waals surface area contributed by atoms with Gasteiger partial charge >= 0.3 is 0 Å². The van der Waals surface area contributed by atoms with Crippen molar-refractivity contribution < 1.29 is 0 Å². The SMILES string of the molecule is C=CCC(=C=NC(=CC)CC(CC)C(C)C(=CCC=CC)C(C)C)CC.